The highest BCUT2D eigenvalue weighted by atomic mass is 32.2. The van der Waals surface area contributed by atoms with Crippen LogP contribution in [0, 0.1) is 0 Å². The second-order valence-electron chi connectivity index (χ2n) is 9.06. The van der Waals surface area contributed by atoms with Crippen LogP contribution >= 0.6 is 11.8 Å². The van der Waals surface area contributed by atoms with E-state index in [2.05, 4.69) is 24.2 Å². The van der Waals surface area contributed by atoms with Crippen LogP contribution in [-0.2, 0) is 19.4 Å². The first kappa shape index (κ1) is 23.6. The number of hydrogen-bond acceptors (Lipinski definition) is 6. The average molecular weight is 468 g/mol. The van der Waals surface area contributed by atoms with Crippen molar-refractivity contribution in [1.82, 2.24) is 5.32 Å². The van der Waals surface area contributed by atoms with Crippen LogP contribution < -0.4 is 10.2 Å². The molecule has 0 aromatic heterocycles. The summed E-state index contributed by atoms with van der Waals surface area (Å²) < 4.78 is 29.5. The summed E-state index contributed by atoms with van der Waals surface area (Å²) in [5, 5.41) is 2.69. The van der Waals surface area contributed by atoms with Gasteiger partial charge in [-0.15, -0.1) is 0 Å². The second-order valence-corrected chi connectivity index (χ2v) is 12.4. The van der Waals surface area contributed by atoms with E-state index < -0.39 is 27.4 Å². The molecular weight excluding hydrogens is 438 g/mol. The van der Waals surface area contributed by atoms with Crippen molar-refractivity contribution in [3.8, 4) is 0 Å². The van der Waals surface area contributed by atoms with Gasteiger partial charge in [0, 0.05) is 10.9 Å². The zero-order chi connectivity index (χ0) is 23.0. The fourth-order valence-corrected chi connectivity index (χ4v) is 7.43. The van der Waals surface area contributed by atoms with Gasteiger partial charge in [-0.2, -0.15) is 4.99 Å². The number of sulfone groups is 1. The molecule has 1 N–H and O–H groups in total. The summed E-state index contributed by atoms with van der Waals surface area (Å²) in [4.78, 5) is 30.2. The SMILES string of the molecule is CC(C)c1ccc(N2C(=NC(=O)CNC(=O)OC(C)(C)C)S[C@H]3CS(=O)(=O)C[C@H]32)cc1. The van der Waals surface area contributed by atoms with Gasteiger partial charge in [0.1, 0.15) is 12.1 Å². The van der Waals surface area contributed by atoms with Crippen molar-refractivity contribution in [2.24, 2.45) is 4.99 Å². The smallest absolute Gasteiger partial charge is 0.408 e. The zero-order valence-corrected chi connectivity index (χ0v) is 20.0. The number of carbonyl (C=O) groups excluding carboxylic acids is 2. The lowest BCUT2D eigenvalue weighted by Crippen LogP contribution is -2.38. The third-order valence-electron chi connectivity index (χ3n) is 4.91. The fourth-order valence-electron chi connectivity index (χ4n) is 3.49. The van der Waals surface area contributed by atoms with E-state index in [0.717, 1.165) is 5.69 Å². The van der Waals surface area contributed by atoms with Crippen LogP contribution in [0.4, 0.5) is 10.5 Å². The Kier molecular flexibility index (Phi) is 6.71. The number of thioether (sulfide) groups is 1. The zero-order valence-electron chi connectivity index (χ0n) is 18.4. The Morgan fingerprint density at radius 1 is 1.23 bits per heavy atom. The maximum Gasteiger partial charge on any atom is 0.408 e. The van der Waals surface area contributed by atoms with Crippen LogP contribution in [0.2, 0.25) is 0 Å². The molecule has 0 bridgehead atoms. The van der Waals surface area contributed by atoms with Gasteiger partial charge in [0.05, 0.1) is 17.5 Å². The Labute approximate surface area is 187 Å². The van der Waals surface area contributed by atoms with Gasteiger partial charge in [-0.3, -0.25) is 4.79 Å². The molecule has 0 aliphatic carbocycles. The topological polar surface area (TPSA) is 105 Å². The Balaban J connectivity index is 1.79. The average Bonchev–Trinajstić information content (AvgIpc) is 3.09. The summed E-state index contributed by atoms with van der Waals surface area (Å²) in [5.74, 6) is -0.0676. The van der Waals surface area contributed by atoms with Gasteiger partial charge in [0.15, 0.2) is 15.0 Å². The molecule has 2 aliphatic rings. The molecule has 2 aliphatic heterocycles. The number of aliphatic imine (C=N–C) groups is 1. The number of carbonyl (C=O) groups is 2. The molecule has 8 nitrogen and oxygen atoms in total. The Morgan fingerprint density at radius 2 is 1.87 bits per heavy atom. The molecule has 0 spiro atoms. The van der Waals surface area contributed by atoms with E-state index in [-0.39, 0.29) is 29.3 Å². The molecule has 170 valence electrons. The van der Waals surface area contributed by atoms with E-state index in [9.17, 15) is 18.0 Å². The minimum Gasteiger partial charge on any atom is -0.444 e. The number of amides is 2. The van der Waals surface area contributed by atoms with E-state index >= 15 is 0 Å². The van der Waals surface area contributed by atoms with Gasteiger partial charge >= 0.3 is 6.09 Å². The number of ether oxygens (including phenoxy) is 1. The van der Waals surface area contributed by atoms with Crippen molar-refractivity contribution < 1.29 is 22.7 Å². The van der Waals surface area contributed by atoms with Crippen LogP contribution in [-0.4, -0.2) is 60.5 Å². The van der Waals surface area contributed by atoms with E-state index in [1.807, 2.05) is 29.2 Å². The maximum absolute atomic E-state index is 12.4. The largest absolute Gasteiger partial charge is 0.444 e. The molecular formula is C21H29N3O5S2. The standard InChI is InChI=1S/C21H29N3O5S2/c1-13(2)14-6-8-15(9-7-14)24-16-11-31(27,28)12-17(16)30-19(24)23-18(25)10-22-20(26)29-21(3,4)5/h6-9,13,16-17H,10-12H2,1-5H3,(H,22,26)/t16-,17+/m1/s1. The summed E-state index contributed by atoms with van der Waals surface area (Å²) in [6, 6.07) is 7.60. The molecule has 0 unspecified atom stereocenters. The summed E-state index contributed by atoms with van der Waals surface area (Å²) in [5.41, 5.74) is 1.30. The lowest BCUT2D eigenvalue weighted by Gasteiger charge is -2.25. The molecule has 2 amide bonds. The summed E-state index contributed by atoms with van der Waals surface area (Å²) in [7, 11) is -3.13. The third kappa shape index (κ3) is 6.00. The van der Waals surface area contributed by atoms with Crippen molar-refractivity contribution >= 4 is 44.5 Å². The van der Waals surface area contributed by atoms with Gasteiger partial charge in [-0.05, 0) is 44.4 Å². The monoisotopic (exact) mass is 467 g/mol. The molecule has 31 heavy (non-hydrogen) atoms. The number of rotatable bonds is 4. The predicted octanol–water partition coefficient (Wildman–Crippen LogP) is 2.94. The van der Waals surface area contributed by atoms with Gasteiger partial charge in [0.2, 0.25) is 0 Å². The highest BCUT2D eigenvalue weighted by molar-refractivity contribution is 8.16. The number of amidine groups is 1. The lowest BCUT2D eigenvalue weighted by molar-refractivity contribution is -0.117. The number of nitrogens with one attached hydrogen (secondary N) is 1. The van der Waals surface area contributed by atoms with Crippen molar-refractivity contribution in [1.29, 1.82) is 0 Å². The molecule has 3 rings (SSSR count). The molecule has 2 heterocycles. The van der Waals surface area contributed by atoms with Crippen LogP contribution in [0.15, 0.2) is 29.3 Å². The lowest BCUT2D eigenvalue weighted by atomic mass is 10.0. The highest BCUT2D eigenvalue weighted by Gasteiger charge is 2.49. The first-order valence-electron chi connectivity index (χ1n) is 10.2. The first-order valence-corrected chi connectivity index (χ1v) is 12.9. The summed E-state index contributed by atoms with van der Waals surface area (Å²) >= 11 is 1.30. The number of anilines is 1. The number of nitrogens with zero attached hydrogens (tertiary/aromatic N) is 2. The number of benzene rings is 1. The molecule has 1 aromatic carbocycles. The molecule has 2 atom stereocenters. The van der Waals surface area contributed by atoms with Crippen molar-refractivity contribution in [3.05, 3.63) is 29.8 Å². The Bertz CT molecular complexity index is 981. The molecule has 10 heteroatoms. The van der Waals surface area contributed by atoms with E-state index in [0.29, 0.717) is 11.1 Å². The minimum atomic E-state index is -3.13. The molecule has 0 saturated carbocycles. The Hall–Kier alpha value is -2.07. The summed E-state index contributed by atoms with van der Waals surface area (Å²) in [6.45, 7) is 9.11. The maximum atomic E-state index is 12.4. The van der Waals surface area contributed by atoms with Gasteiger partial charge in [0.25, 0.3) is 5.91 Å². The number of fused-ring (bicyclic) bond motifs is 1. The van der Waals surface area contributed by atoms with Crippen LogP contribution in [0.3, 0.4) is 0 Å². The number of alkyl carbamates (subject to hydrolysis) is 1. The van der Waals surface area contributed by atoms with E-state index in [4.69, 9.17) is 4.74 Å². The van der Waals surface area contributed by atoms with Crippen molar-refractivity contribution in [3.63, 3.8) is 0 Å². The van der Waals surface area contributed by atoms with Crippen molar-refractivity contribution in [2.75, 3.05) is 23.0 Å². The van der Waals surface area contributed by atoms with Crippen LogP contribution in [0.1, 0.15) is 46.1 Å². The normalized spacial score (nSPS) is 23.8. The van der Waals surface area contributed by atoms with E-state index in [1.54, 1.807) is 20.8 Å². The Morgan fingerprint density at radius 3 is 2.45 bits per heavy atom. The molecule has 1 aromatic rings. The molecule has 2 fully saturated rings. The van der Waals surface area contributed by atoms with E-state index in [1.165, 1.54) is 17.3 Å². The summed E-state index contributed by atoms with van der Waals surface area (Å²) in [6.07, 6.45) is -0.691. The highest BCUT2D eigenvalue weighted by Crippen LogP contribution is 2.41. The van der Waals surface area contributed by atoms with Crippen LogP contribution in [0.25, 0.3) is 0 Å². The van der Waals surface area contributed by atoms with Gasteiger partial charge in [-0.25, -0.2) is 13.2 Å². The van der Waals surface area contributed by atoms with Gasteiger partial charge < -0.3 is 15.0 Å². The first-order chi connectivity index (χ1) is 14.3. The minimum absolute atomic E-state index is 0.0277. The fraction of sp³-hybridized carbons (Fsp3) is 0.571. The number of hydrogen-bond donors (Lipinski definition) is 1. The quantitative estimate of drug-likeness (QED) is 0.726. The molecule has 0 radical (unpaired) electrons. The van der Waals surface area contributed by atoms with Crippen molar-refractivity contribution in [2.45, 2.75) is 57.4 Å². The van der Waals surface area contributed by atoms with Gasteiger partial charge in [-0.1, -0.05) is 37.7 Å². The predicted molar refractivity (Wildman–Crippen MR) is 124 cm³/mol. The molecule has 2 saturated heterocycles. The van der Waals surface area contributed by atoms with Crippen LogP contribution in [0.5, 0.6) is 0 Å². The third-order valence-corrected chi connectivity index (χ3v) is 8.12. The second kappa shape index (κ2) is 8.82.